The Labute approximate surface area is 231 Å². The van der Waals surface area contributed by atoms with Crippen LogP contribution in [0.2, 0.25) is 5.02 Å². The van der Waals surface area contributed by atoms with E-state index in [1.165, 1.54) is 31.1 Å². The molecular formula is C27H23BrClF3N4O2. The Kier molecular flexibility index (Phi) is 7.58. The lowest BCUT2D eigenvalue weighted by Crippen LogP contribution is -2.49. The predicted octanol–water partition coefficient (Wildman–Crippen LogP) is 7.41. The predicted molar refractivity (Wildman–Crippen MR) is 145 cm³/mol. The first-order valence-corrected chi connectivity index (χ1v) is 12.6. The molecule has 11 heteroatoms. The van der Waals surface area contributed by atoms with E-state index in [0.29, 0.717) is 17.0 Å². The molecule has 1 atom stereocenters. The summed E-state index contributed by atoms with van der Waals surface area (Å²) in [5.41, 5.74) is -0.0703. The van der Waals surface area contributed by atoms with Crippen molar-refractivity contribution in [3.63, 3.8) is 0 Å². The van der Waals surface area contributed by atoms with Gasteiger partial charge in [0.1, 0.15) is 0 Å². The zero-order valence-electron chi connectivity index (χ0n) is 20.6. The van der Waals surface area contributed by atoms with Crippen molar-refractivity contribution in [2.45, 2.75) is 18.5 Å². The zero-order chi connectivity index (χ0) is 27.8. The Morgan fingerprint density at radius 3 is 2.21 bits per heavy atom. The van der Waals surface area contributed by atoms with E-state index in [-0.39, 0.29) is 6.54 Å². The van der Waals surface area contributed by atoms with Crippen LogP contribution in [0.4, 0.5) is 28.4 Å². The number of carbonyl (C=O) groups excluding carboxylic acids is 2. The summed E-state index contributed by atoms with van der Waals surface area (Å²) in [5.74, 6) is 0. The van der Waals surface area contributed by atoms with Gasteiger partial charge in [0.05, 0.1) is 33.9 Å². The molecule has 0 saturated heterocycles. The molecule has 1 heterocycles. The molecule has 0 radical (unpaired) electrons. The third kappa shape index (κ3) is 5.28. The van der Waals surface area contributed by atoms with E-state index in [0.717, 1.165) is 26.0 Å². The number of rotatable bonds is 3. The monoisotopic (exact) mass is 606 g/mol. The van der Waals surface area contributed by atoms with Crippen molar-refractivity contribution in [3.05, 3.63) is 99.0 Å². The lowest BCUT2D eigenvalue weighted by Gasteiger charge is -2.30. The van der Waals surface area contributed by atoms with Crippen molar-refractivity contribution in [1.82, 2.24) is 9.91 Å². The molecule has 3 aromatic carbocycles. The third-order valence-electron chi connectivity index (χ3n) is 6.24. The van der Waals surface area contributed by atoms with Gasteiger partial charge in [0, 0.05) is 24.1 Å². The second-order valence-corrected chi connectivity index (χ2v) is 10.5. The largest absolute Gasteiger partial charge is 0.417 e. The van der Waals surface area contributed by atoms with Crippen LogP contribution in [0.5, 0.6) is 0 Å². The highest BCUT2D eigenvalue weighted by Crippen LogP contribution is 2.39. The number of hydrogen-bond donors (Lipinski definition) is 0. The molecular weight excluding hydrogens is 585 g/mol. The molecule has 0 fully saturated rings. The first kappa shape index (κ1) is 27.7. The Bertz CT molecular complexity index is 1400. The van der Waals surface area contributed by atoms with E-state index in [1.54, 1.807) is 24.3 Å². The van der Waals surface area contributed by atoms with Crippen LogP contribution in [0, 0.1) is 0 Å². The van der Waals surface area contributed by atoms with Gasteiger partial charge in [-0.3, -0.25) is 0 Å². The molecule has 6 nitrogen and oxygen atoms in total. The highest BCUT2D eigenvalue weighted by molar-refractivity contribution is 9.10. The van der Waals surface area contributed by atoms with Gasteiger partial charge < -0.3 is 4.90 Å². The molecule has 0 N–H and O–H groups in total. The van der Waals surface area contributed by atoms with E-state index < -0.39 is 34.2 Å². The summed E-state index contributed by atoms with van der Waals surface area (Å²) in [6, 6.07) is 18.0. The van der Waals surface area contributed by atoms with E-state index in [2.05, 4.69) is 21.0 Å². The standard InChI is InChI=1S/C27H23BrClF3N4O2/c1-26(18-7-5-4-6-8-18)16-35(33-23(26)17-9-14-21(22(29)15-17)27(30,31)32)25(38)36(24(37)34(2)3)20-12-10-19(28)11-13-20/h4-15H,16H2,1-3H3. The molecule has 0 aliphatic carbocycles. The van der Waals surface area contributed by atoms with Gasteiger partial charge in [0.2, 0.25) is 0 Å². The summed E-state index contributed by atoms with van der Waals surface area (Å²) in [5, 5.41) is 5.25. The molecule has 3 aromatic rings. The Hall–Kier alpha value is -3.37. The topological polar surface area (TPSA) is 56.2 Å². The van der Waals surface area contributed by atoms with Crippen molar-refractivity contribution < 1.29 is 22.8 Å². The van der Waals surface area contributed by atoms with Gasteiger partial charge in [0.15, 0.2) is 0 Å². The van der Waals surface area contributed by atoms with Crippen LogP contribution >= 0.6 is 27.5 Å². The van der Waals surface area contributed by atoms with Gasteiger partial charge in [-0.2, -0.15) is 18.3 Å². The molecule has 4 rings (SSSR count). The van der Waals surface area contributed by atoms with Gasteiger partial charge >= 0.3 is 18.2 Å². The van der Waals surface area contributed by atoms with Crippen molar-refractivity contribution in [2.24, 2.45) is 5.10 Å². The van der Waals surface area contributed by atoms with Gasteiger partial charge in [0.25, 0.3) is 0 Å². The number of hydrazone groups is 1. The Morgan fingerprint density at radius 2 is 1.66 bits per heavy atom. The van der Waals surface area contributed by atoms with Crippen LogP contribution in [0.3, 0.4) is 0 Å². The van der Waals surface area contributed by atoms with Crippen molar-refractivity contribution in [3.8, 4) is 0 Å². The minimum absolute atomic E-state index is 0.0392. The molecule has 198 valence electrons. The number of imide groups is 1. The quantitative estimate of drug-likeness (QED) is 0.311. The smallest absolute Gasteiger partial charge is 0.330 e. The second-order valence-electron chi connectivity index (χ2n) is 9.17. The number of carbonyl (C=O) groups is 2. The summed E-state index contributed by atoms with van der Waals surface area (Å²) in [6.45, 7) is 1.88. The number of anilines is 1. The Morgan fingerprint density at radius 1 is 1.03 bits per heavy atom. The fourth-order valence-electron chi connectivity index (χ4n) is 4.26. The molecule has 4 amide bonds. The average Bonchev–Trinajstić information content (AvgIpc) is 3.23. The second kappa shape index (κ2) is 10.4. The molecule has 0 bridgehead atoms. The summed E-state index contributed by atoms with van der Waals surface area (Å²) in [7, 11) is 3.05. The maximum Gasteiger partial charge on any atom is 0.417 e. The fourth-order valence-corrected chi connectivity index (χ4v) is 4.81. The van der Waals surface area contributed by atoms with Crippen LogP contribution in [0.15, 0.2) is 82.4 Å². The zero-order valence-corrected chi connectivity index (χ0v) is 23.0. The van der Waals surface area contributed by atoms with Crippen molar-refractivity contribution >= 4 is 51.0 Å². The molecule has 0 aromatic heterocycles. The lowest BCUT2D eigenvalue weighted by molar-refractivity contribution is -0.137. The van der Waals surface area contributed by atoms with Crippen LogP contribution in [0.25, 0.3) is 0 Å². The maximum absolute atomic E-state index is 13.8. The van der Waals surface area contributed by atoms with Gasteiger partial charge in [-0.1, -0.05) is 63.9 Å². The number of halogens is 5. The fraction of sp³-hybridized carbons (Fsp3) is 0.222. The van der Waals surface area contributed by atoms with Gasteiger partial charge in [-0.05, 0) is 48.9 Å². The molecule has 1 aliphatic heterocycles. The summed E-state index contributed by atoms with van der Waals surface area (Å²) in [4.78, 5) is 29.2. The summed E-state index contributed by atoms with van der Waals surface area (Å²) in [6.07, 6.45) is -4.62. The van der Waals surface area contributed by atoms with E-state index >= 15 is 0 Å². The normalized spacial score (nSPS) is 17.3. The molecule has 38 heavy (non-hydrogen) atoms. The first-order chi connectivity index (χ1) is 17.8. The number of nitrogens with zero attached hydrogens (tertiary/aromatic N) is 4. The lowest BCUT2D eigenvalue weighted by atomic mass is 9.76. The Balaban J connectivity index is 1.82. The van der Waals surface area contributed by atoms with Crippen molar-refractivity contribution in [2.75, 3.05) is 25.5 Å². The minimum atomic E-state index is -4.62. The van der Waals surface area contributed by atoms with Crippen LogP contribution in [0.1, 0.15) is 23.6 Å². The van der Waals surface area contributed by atoms with Crippen LogP contribution < -0.4 is 4.90 Å². The highest BCUT2D eigenvalue weighted by Gasteiger charge is 2.45. The number of urea groups is 2. The molecule has 0 saturated carbocycles. The number of benzene rings is 3. The molecule has 1 unspecified atom stereocenters. The van der Waals surface area contributed by atoms with E-state index in [1.807, 2.05) is 37.3 Å². The van der Waals surface area contributed by atoms with E-state index in [9.17, 15) is 22.8 Å². The number of hydrogen-bond acceptors (Lipinski definition) is 3. The first-order valence-electron chi connectivity index (χ1n) is 11.4. The van der Waals surface area contributed by atoms with Gasteiger partial charge in [-0.25, -0.2) is 19.5 Å². The number of amides is 4. The highest BCUT2D eigenvalue weighted by atomic mass is 79.9. The van der Waals surface area contributed by atoms with E-state index in [4.69, 9.17) is 11.6 Å². The molecule has 0 spiro atoms. The number of alkyl halides is 3. The van der Waals surface area contributed by atoms with Crippen molar-refractivity contribution in [1.29, 1.82) is 0 Å². The maximum atomic E-state index is 13.8. The summed E-state index contributed by atoms with van der Waals surface area (Å²) >= 11 is 9.38. The average molecular weight is 608 g/mol. The van der Waals surface area contributed by atoms with Crippen LogP contribution in [-0.2, 0) is 11.6 Å². The molecule has 1 aliphatic rings. The minimum Gasteiger partial charge on any atom is -0.330 e. The SMILES string of the molecule is CN(C)C(=O)N(C(=O)N1CC(C)(c2ccccc2)C(c2ccc(C(F)(F)F)c(Cl)c2)=N1)c1ccc(Br)cc1. The third-order valence-corrected chi connectivity index (χ3v) is 7.08. The van der Waals surface area contributed by atoms with Crippen LogP contribution in [-0.4, -0.2) is 48.3 Å². The van der Waals surface area contributed by atoms with Gasteiger partial charge in [-0.15, -0.1) is 0 Å². The summed E-state index contributed by atoms with van der Waals surface area (Å²) < 4.78 is 40.8.